The van der Waals surface area contributed by atoms with Crippen molar-refractivity contribution in [2.75, 3.05) is 32.7 Å². The third-order valence-electron chi connectivity index (χ3n) is 4.57. The number of carbonyl (C=O) groups is 1. The molecule has 0 unspecified atom stereocenters. The molecule has 0 aliphatic heterocycles. The number of thiophene rings is 1. The fourth-order valence-corrected chi connectivity index (χ4v) is 4.21. The first-order valence-corrected chi connectivity index (χ1v) is 10.3. The van der Waals surface area contributed by atoms with Gasteiger partial charge in [-0.1, -0.05) is 12.1 Å². The molecule has 0 fully saturated rings. The van der Waals surface area contributed by atoms with Gasteiger partial charge in [0.2, 0.25) is 0 Å². The monoisotopic (exact) mass is 414 g/mol. The van der Waals surface area contributed by atoms with Crippen molar-refractivity contribution in [3.05, 3.63) is 46.6 Å². The molecule has 8 heteroatoms. The molecule has 1 aromatic carbocycles. The van der Waals surface area contributed by atoms with E-state index in [1.54, 1.807) is 14.2 Å². The zero-order chi connectivity index (χ0) is 20.8. The maximum Gasteiger partial charge on any atom is 0.262 e. The third kappa shape index (κ3) is 5.02. The number of carbonyl (C=O) groups excluding carboxylic acids is 1. The van der Waals surface area contributed by atoms with Crippen LogP contribution in [0.25, 0.3) is 10.2 Å². The Hall–Kier alpha value is -2.71. The molecule has 154 valence electrons. The Morgan fingerprint density at radius 2 is 2.10 bits per heavy atom. The first-order chi connectivity index (χ1) is 14.0. The van der Waals surface area contributed by atoms with Crippen molar-refractivity contribution in [1.82, 2.24) is 15.3 Å². The van der Waals surface area contributed by atoms with Gasteiger partial charge >= 0.3 is 0 Å². The summed E-state index contributed by atoms with van der Waals surface area (Å²) in [7, 11) is 3.28. The van der Waals surface area contributed by atoms with Crippen LogP contribution in [0.5, 0.6) is 5.75 Å². The van der Waals surface area contributed by atoms with Crippen LogP contribution in [0.4, 0.5) is 5.82 Å². The summed E-state index contributed by atoms with van der Waals surface area (Å²) in [6, 6.07) is 7.94. The first kappa shape index (κ1) is 21.0. The molecule has 2 N–H and O–H groups in total. The lowest BCUT2D eigenvalue weighted by atomic mass is 10.1. The predicted octanol–water partition coefficient (Wildman–Crippen LogP) is 3.43. The number of methoxy groups -OCH3 is 2. The van der Waals surface area contributed by atoms with Gasteiger partial charge in [0.05, 0.1) is 24.0 Å². The summed E-state index contributed by atoms with van der Waals surface area (Å²) in [6.07, 6.45) is 2.36. The molecule has 0 aliphatic carbocycles. The second-order valence-electron chi connectivity index (χ2n) is 6.82. The van der Waals surface area contributed by atoms with Gasteiger partial charge in [-0.05, 0) is 43.5 Å². The van der Waals surface area contributed by atoms with E-state index < -0.39 is 0 Å². The molecule has 3 aromatic rings. The van der Waals surface area contributed by atoms with Crippen LogP contribution in [0.2, 0.25) is 0 Å². The maximum absolute atomic E-state index is 12.7. The summed E-state index contributed by atoms with van der Waals surface area (Å²) in [4.78, 5) is 22.9. The number of nitrogens with one attached hydrogen (secondary N) is 2. The third-order valence-corrected chi connectivity index (χ3v) is 5.77. The van der Waals surface area contributed by atoms with Crippen LogP contribution in [0, 0.1) is 6.92 Å². The molecule has 0 aliphatic rings. The van der Waals surface area contributed by atoms with Gasteiger partial charge in [0, 0.05) is 19.7 Å². The number of aromatic nitrogens is 2. The van der Waals surface area contributed by atoms with Gasteiger partial charge in [0.1, 0.15) is 22.7 Å². The van der Waals surface area contributed by atoms with Crippen molar-refractivity contribution < 1.29 is 14.3 Å². The van der Waals surface area contributed by atoms with Gasteiger partial charge < -0.3 is 20.1 Å². The maximum atomic E-state index is 12.7. The molecule has 1 amide bonds. The number of rotatable bonds is 9. The largest absolute Gasteiger partial charge is 0.497 e. The van der Waals surface area contributed by atoms with E-state index in [2.05, 4.69) is 26.7 Å². The van der Waals surface area contributed by atoms with E-state index in [1.807, 2.05) is 32.0 Å². The number of nitrogens with zero attached hydrogens (tertiary/aromatic N) is 2. The van der Waals surface area contributed by atoms with E-state index in [4.69, 9.17) is 9.47 Å². The van der Waals surface area contributed by atoms with Crippen LogP contribution in [0.3, 0.4) is 0 Å². The minimum Gasteiger partial charge on any atom is -0.497 e. The molecule has 7 nitrogen and oxygen atoms in total. The van der Waals surface area contributed by atoms with E-state index in [9.17, 15) is 4.79 Å². The number of benzene rings is 1. The lowest BCUT2D eigenvalue weighted by molar-refractivity contribution is 0.0909. The topological polar surface area (TPSA) is 85.4 Å². The Balaban J connectivity index is 1.75. The lowest BCUT2D eigenvalue weighted by Gasteiger charge is -2.12. The molecular weight excluding hydrogens is 388 g/mol. The van der Waals surface area contributed by atoms with Crippen molar-refractivity contribution in [3.8, 4) is 5.75 Å². The minimum atomic E-state index is -0.114. The Kier molecular flexibility index (Phi) is 7.00. The molecule has 0 saturated carbocycles. The van der Waals surface area contributed by atoms with Gasteiger partial charge in [-0.25, -0.2) is 9.97 Å². The number of fused-ring (bicyclic) bond motifs is 1. The SMILES string of the molecule is COC[C@@H](C)NC(=O)c1sc2ncnc(NCCc3cccc(OC)c3)c2c1C. The second-order valence-corrected chi connectivity index (χ2v) is 7.82. The Labute approximate surface area is 174 Å². The first-order valence-electron chi connectivity index (χ1n) is 9.44. The Morgan fingerprint density at radius 3 is 2.86 bits per heavy atom. The van der Waals surface area contributed by atoms with Crippen LogP contribution < -0.4 is 15.4 Å². The molecule has 0 saturated heterocycles. The number of hydrogen-bond acceptors (Lipinski definition) is 7. The van der Waals surface area contributed by atoms with Crippen LogP contribution in [0.1, 0.15) is 27.7 Å². The van der Waals surface area contributed by atoms with Crippen LogP contribution in [-0.4, -0.2) is 49.3 Å². The van der Waals surface area contributed by atoms with Crippen molar-refractivity contribution in [1.29, 1.82) is 0 Å². The summed E-state index contributed by atoms with van der Waals surface area (Å²) < 4.78 is 10.4. The molecular formula is C21H26N4O3S. The molecule has 0 spiro atoms. The summed E-state index contributed by atoms with van der Waals surface area (Å²) >= 11 is 1.38. The van der Waals surface area contributed by atoms with Crippen molar-refractivity contribution in [2.24, 2.45) is 0 Å². The van der Waals surface area contributed by atoms with E-state index in [1.165, 1.54) is 23.2 Å². The molecule has 0 bridgehead atoms. The van der Waals surface area contributed by atoms with Gasteiger partial charge in [-0.2, -0.15) is 0 Å². The highest BCUT2D eigenvalue weighted by molar-refractivity contribution is 7.20. The molecule has 3 rings (SSSR count). The average molecular weight is 415 g/mol. The summed E-state index contributed by atoms with van der Waals surface area (Å²) in [6.45, 7) is 5.02. The van der Waals surface area contributed by atoms with Crippen LogP contribution in [0.15, 0.2) is 30.6 Å². The summed E-state index contributed by atoms with van der Waals surface area (Å²) in [5.41, 5.74) is 2.06. The molecule has 1 atom stereocenters. The van der Waals surface area contributed by atoms with Crippen LogP contribution >= 0.6 is 11.3 Å². The normalized spacial score (nSPS) is 12.0. The van der Waals surface area contributed by atoms with Gasteiger partial charge in [-0.15, -0.1) is 11.3 Å². The summed E-state index contributed by atoms with van der Waals surface area (Å²) in [5, 5.41) is 7.25. The predicted molar refractivity (Wildman–Crippen MR) is 116 cm³/mol. The fourth-order valence-electron chi connectivity index (χ4n) is 3.16. The highest BCUT2D eigenvalue weighted by Crippen LogP contribution is 2.33. The quantitative estimate of drug-likeness (QED) is 0.558. The average Bonchev–Trinajstić information content (AvgIpc) is 3.06. The number of hydrogen-bond donors (Lipinski definition) is 2. The fraction of sp³-hybridized carbons (Fsp3) is 0.381. The van der Waals surface area contributed by atoms with E-state index >= 15 is 0 Å². The van der Waals surface area contributed by atoms with Gasteiger partial charge in [-0.3, -0.25) is 4.79 Å². The Bertz CT molecular complexity index is 989. The smallest absolute Gasteiger partial charge is 0.262 e. The van der Waals surface area contributed by atoms with E-state index in [0.29, 0.717) is 18.0 Å². The lowest BCUT2D eigenvalue weighted by Crippen LogP contribution is -2.35. The molecule has 2 heterocycles. The van der Waals surface area contributed by atoms with Crippen molar-refractivity contribution >= 4 is 33.3 Å². The number of amides is 1. The van der Waals surface area contributed by atoms with Crippen molar-refractivity contribution in [2.45, 2.75) is 26.3 Å². The zero-order valence-electron chi connectivity index (χ0n) is 17.1. The zero-order valence-corrected chi connectivity index (χ0v) is 17.9. The second kappa shape index (κ2) is 9.67. The summed E-state index contributed by atoms with van der Waals surface area (Å²) in [5.74, 6) is 1.48. The number of ether oxygens (including phenoxy) is 2. The number of aryl methyl sites for hydroxylation is 1. The minimum absolute atomic E-state index is 0.0661. The molecule has 29 heavy (non-hydrogen) atoms. The van der Waals surface area contributed by atoms with Crippen molar-refractivity contribution in [3.63, 3.8) is 0 Å². The highest BCUT2D eigenvalue weighted by atomic mass is 32.1. The van der Waals surface area contributed by atoms with E-state index in [0.717, 1.165) is 33.8 Å². The number of anilines is 1. The van der Waals surface area contributed by atoms with Gasteiger partial charge in [0.15, 0.2) is 0 Å². The Morgan fingerprint density at radius 1 is 1.28 bits per heavy atom. The van der Waals surface area contributed by atoms with E-state index in [-0.39, 0.29) is 11.9 Å². The highest BCUT2D eigenvalue weighted by Gasteiger charge is 2.20. The van der Waals surface area contributed by atoms with Crippen LogP contribution in [-0.2, 0) is 11.2 Å². The molecule has 0 radical (unpaired) electrons. The molecule has 2 aromatic heterocycles. The standard InChI is InChI=1S/C21H26N4O3S/c1-13(11-27-3)25-20(26)18-14(2)17-19(23-12-24-21(17)29-18)22-9-8-15-6-5-7-16(10-15)28-4/h5-7,10,12-13H,8-9,11H2,1-4H3,(H,25,26)(H,22,23,24)/t13-/m1/s1. The van der Waals surface area contributed by atoms with Gasteiger partial charge in [0.25, 0.3) is 5.91 Å².